The molecule has 0 aliphatic rings. The Kier molecular flexibility index (Phi) is 10.8. The molecule has 0 aromatic carbocycles. The van der Waals surface area contributed by atoms with Crippen LogP contribution in [-0.4, -0.2) is 55.6 Å². The predicted octanol–water partition coefficient (Wildman–Crippen LogP) is -3.04. The normalized spacial score (nSPS) is 10.7. The van der Waals surface area contributed by atoms with Crippen LogP contribution in [0.15, 0.2) is 0 Å². The van der Waals surface area contributed by atoms with Crippen LogP contribution in [0, 0.1) is 0 Å². The Morgan fingerprint density at radius 2 is 0.636 bits per heavy atom. The fourth-order valence-corrected chi connectivity index (χ4v) is 0. The molecule has 0 atom stereocenters. The molecule has 0 aromatic heterocycles. The third kappa shape index (κ3) is 756. The quantitative estimate of drug-likeness (QED) is 0.183. The van der Waals surface area contributed by atoms with Gasteiger partial charge in [-0.2, -0.15) is 0 Å². The second-order valence-electron chi connectivity index (χ2n) is 1.03. The van der Waals surface area contributed by atoms with Crippen molar-refractivity contribution in [1.29, 1.82) is 0 Å². The molecule has 0 saturated heterocycles. The second-order valence-corrected chi connectivity index (χ2v) is 3.08. The van der Waals surface area contributed by atoms with Gasteiger partial charge in [0, 0.05) is 0 Å². The summed E-state index contributed by atoms with van der Waals surface area (Å²) < 4.78 is 17.8. The van der Waals surface area contributed by atoms with Crippen molar-refractivity contribution in [1.82, 2.24) is 0 Å². The van der Waals surface area contributed by atoms with Gasteiger partial charge in [0.2, 0.25) is 0 Å². The molecular weight excluding hydrogens is 399 g/mol. The minimum atomic E-state index is -4.64. The summed E-state index contributed by atoms with van der Waals surface area (Å²) in [6, 6.07) is 0. The summed E-state index contributed by atoms with van der Waals surface area (Å²) in [7, 11) is -9.28. The van der Waals surface area contributed by atoms with Gasteiger partial charge in [-0.05, 0) is 0 Å². The zero-order valence-corrected chi connectivity index (χ0v) is 12.4. The van der Waals surface area contributed by atoms with Gasteiger partial charge >= 0.3 is 41.8 Å². The van der Waals surface area contributed by atoms with Crippen LogP contribution in [0.5, 0.6) is 0 Å². The van der Waals surface area contributed by atoms with Crippen molar-refractivity contribution in [2.45, 2.75) is 0 Å². The molecule has 6 N–H and O–H groups in total. The molecule has 0 amide bonds. The van der Waals surface area contributed by atoms with E-state index < -0.39 is 15.6 Å². The molecule has 0 rings (SSSR count). The molecule has 0 aliphatic heterocycles. The molecule has 72 valence electrons. The number of phosphoric acid groups is 2. The van der Waals surface area contributed by atoms with Crippen LogP contribution in [0.1, 0.15) is 0 Å². The van der Waals surface area contributed by atoms with Gasteiger partial charge in [0.15, 0.2) is 0 Å². The summed E-state index contributed by atoms with van der Waals surface area (Å²) in [5.74, 6) is 0. The Morgan fingerprint density at radius 1 is 0.636 bits per heavy atom. The predicted molar refractivity (Wildman–Crippen MR) is 38.5 cm³/mol. The number of hydrogen-bond donors (Lipinski definition) is 6. The maximum atomic E-state index is 8.88. The van der Waals surface area contributed by atoms with E-state index in [9.17, 15) is 0 Å². The van der Waals surface area contributed by atoms with Crippen molar-refractivity contribution in [3.05, 3.63) is 0 Å². The average molecular weight is 408 g/mol. The van der Waals surface area contributed by atoms with Crippen LogP contribution in [0.2, 0.25) is 0 Å². The molecule has 0 heterocycles. The van der Waals surface area contributed by atoms with Crippen LogP contribution >= 0.6 is 15.6 Å². The summed E-state index contributed by atoms with van der Waals surface area (Å²) in [6.07, 6.45) is 0. The summed E-state index contributed by atoms with van der Waals surface area (Å²) in [5.41, 5.74) is 0. The fourth-order valence-electron chi connectivity index (χ4n) is 0. The molecule has 0 spiro atoms. The first kappa shape index (κ1) is 18.0. The summed E-state index contributed by atoms with van der Waals surface area (Å²) >= 11 is 0. The Morgan fingerprint density at radius 3 is 0.636 bits per heavy atom. The maximum absolute atomic E-state index is 8.88. The summed E-state index contributed by atoms with van der Waals surface area (Å²) in [6.45, 7) is 0. The molecule has 0 radical (unpaired) electrons. The van der Waals surface area contributed by atoms with E-state index in [4.69, 9.17) is 38.5 Å². The third-order valence-corrected chi connectivity index (χ3v) is 0. The molecule has 11 heteroatoms. The third-order valence-electron chi connectivity index (χ3n) is 0. The molecular formula is H9BiO8P2. The Balaban J connectivity index is -0.000000107. The number of rotatable bonds is 0. The Labute approximate surface area is 80.5 Å². The van der Waals surface area contributed by atoms with Crippen LogP contribution in [0.3, 0.4) is 0 Å². The average Bonchev–Trinajstić information content (AvgIpc) is 1.12. The van der Waals surface area contributed by atoms with Gasteiger partial charge in [0.1, 0.15) is 0 Å². The van der Waals surface area contributed by atoms with Crippen LogP contribution in [0.25, 0.3) is 0 Å². The molecule has 0 saturated carbocycles. The van der Waals surface area contributed by atoms with Crippen LogP contribution < -0.4 is 0 Å². The van der Waals surface area contributed by atoms with Crippen LogP contribution in [0.4, 0.5) is 0 Å². The fraction of sp³-hybridized carbons (Fsp3) is 0. The van der Waals surface area contributed by atoms with Crippen LogP contribution in [-0.2, 0) is 9.13 Å². The Hall–Kier alpha value is 1.10. The van der Waals surface area contributed by atoms with Gasteiger partial charge in [-0.3, -0.25) is 0 Å². The van der Waals surface area contributed by atoms with E-state index >= 15 is 0 Å². The van der Waals surface area contributed by atoms with Gasteiger partial charge in [-0.15, -0.1) is 0 Å². The van der Waals surface area contributed by atoms with Crippen molar-refractivity contribution in [2.75, 3.05) is 0 Å². The molecule has 0 aromatic rings. The second kappa shape index (κ2) is 6.60. The molecule has 0 aliphatic carbocycles. The zero-order valence-electron chi connectivity index (χ0n) is 5.10. The van der Waals surface area contributed by atoms with E-state index in [2.05, 4.69) is 0 Å². The minimum absolute atomic E-state index is 0. The topological polar surface area (TPSA) is 156 Å². The first-order valence-corrected chi connectivity index (χ1v) is 4.70. The van der Waals surface area contributed by atoms with Gasteiger partial charge in [-0.25, -0.2) is 9.13 Å². The molecule has 0 fully saturated rings. The van der Waals surface area contributed by atoms with Gasteiger partial charge in [-0.1, -0.05) is 0 Å². The Bertz CT molecular complexity index is 124. The van der Waals surface area contributed by atoms with Gasteiger partial charge in [0.25, 0.3) is 0 Å². The summed E-state index contributed by atoms with van der Waals surface area (Å²) in [5, 5.41) is 0. The molecule has 11 heavy (non-hydrogen) atoms. The van der Waals surface area contributed by atoms with E-state index in [-0.39, 0.29) is 26.2 Å². The first-order valence-electron chi connectivity index (χ1n) is 1.57. The van der Waals surface area contributed by atoms with E-state index in [1.54, 1.807) is 0 Å². The molecule has 8 nitrogen and oxygen atoms in total. The van der Waals surface area contributed by atoms with Crippen molar-refractivity contribution in [3.8, 4) is 0 Å². The zero-order chi connectivity index (χ0) is 9.00. The number of hydrogen-bond acceptors (Lipinski definition) is 2. The van der Waals surface area contributed by atoms with E-state index in [0.29, 0.717) is 0 Å². The summed E-state index contributed by atoms with van der Waals surface area (Å²) in [4.78, 5) is 43.1. The molecule has 0 bridgehead atoms. The van der Waals surface area contributed by atoms with Crippen molar-refractivity contribution < 1.29 is 38.5 Å². The first-order chi connectivity index (χ1) is 4.00. The van der Waals surface area contributed by atoms with Crippen molar-refractivity contribution in [2.24, 2.45) is 0 Å². The van der Waals surface area contributed by atoms with Crippen molar-refractivity contribution >= 4 is 41.8 Å². The standard InChI is InChI=1S/Bi.2H3O4P.3H/c;2*1-5(2,3)4;;;/h;2*(H3,1,2,3,4);;;. The van der Waals surface area contributed by atoms with E-state index in [1.165, 1.54) is 0 Å². The SMILES string of the molecule is O=P(O)(O)O.O=P(O)(O)O.[BiH3]. The monoisotopic (exact) mass is 408 g/mol. The van der Waals surface area contributed by atoms with Gasteiger partial charge in [0.05, 0.1) is 0 Å². The molecule has 0 unspecified atom stereocenters. The van der Waals surface area contributed by atoms with E-state index in [0.717, 1.165) is 0 Å². The van der Waals surface area contributed by atoms with Crippen molar-refractivity contribution in [3.63, 3.8) is 0 Å². The van der Waals surface area contributed by atoms with Gasteiger partial charge < -0.3 is 29.4 Å². The van der Waals surface area contributed by atoms with E-state index in [1.807, 2.05) is 0 Å².